The van der Waals surface area contributed by atoms with Gasteiger partial charge in [0.2, 0.25) is 10.0 Å². The van der Waals surface area contributed by atoms with E-state index in [0.29, 0.717) is 44.3 Å². The summed E-state index contributed by atoms with van der Waals surface area (Å²) in [5.41, 5.74) is 0.479. The number of esters is 1. The number of likely N-dealkylation sites (N-methyl/N-ethyl adjacent to an activating group) is 1. The molecule has 13 heteroatoms. The monoisotopic (exact) mass is 665 g/mol. The zero-order chi connectivity index (χ0) is 33.6. The van der Waals surface area contributed by atoms with Crippen LogP contribution in [0.4, 0.5) is 9.18 Å². The van der Waals surface area contributed by atoms with Crippen LogP contribution in [0, 0.1) is 17.7 Å². The van der Waals surface area contributed by atoms with Crippen LogP contribution in [0.5, 0.6) is 0 Å². The second kappa shape index (κ2) is 15.8. The third kappa shape index (κ3) is 9.37. The summed E-state index contributed by atoms with van der Waals surface area (Å²) < 4.78 is 54.7. The fourth-order valence-electron chi connectivity index (χ4n) is 5.98. The number of sulfonamides is 1. The quantitative estimate of drug-likeness (QED) is 0.358. The summed E-state index contributed by atoms with van der Waals surface area (Å²) in [5.74, 6) is -1.83. The molecule has 3 heterocycles. The normalized spacial score (nSPS) is 29.4. The first-order chi connectivity index (χ1) is 21.7. The molecule has 2 N–H and O–H groups in total. The third-order valence-corrected chi connectivity index (χ3v) is 11.0. The van der Waals surface area contributed by atoms with E-state index >= 15 is 4.39 Å². The lowest BCUT2D eigenvalue weighted by molar-refractivity contribution is -0.151. The number of carbonyl (C=O) groups is 2. The molecule has 11 nitrogen and oxygen atoms in total. The van der Waals surface area contributed by atoms with Crippen LogP contribution in [0.15, 0.2) is 40.8 Å². The number of aliphatic hydroxyl groups is 2. The van der Waals surface area contributed by atoms with Gasteiger partial charge >= 0.3 is 12.1 Å². The third-order valence-electron chi connectivity index (χ3n) is 9.12. The number of nitrogens with zero attached hydrogens (tertiary/aromatic N) is 3. The minimum absolute atomic E-state index is 0.0154. The summed E-state index contributed by atoms with van der Waals surface area (Å²) >= 11 is 0. The molecule has 1 aromatic carbocycles. The highest BCUT2D eigenvalue weighted by atomic mass is 32.2. The van der Waals surface area contributed by atoms with Gasteiger partial charge in [0.15, 0.2) is 0 Å². The first kappa shape index (κ1) is 36.0. The molecular formula is C33H48FN3O8S. The molecule has 2 fully saturated rings. The molecule has 1 aromatic rings. The Balaban J connectivity index is 1.59. The van der Waals surface area contributed by atoms with Crippen molar-refractivity contribution in [1.82, 2.24) is 14.1 Å². The van der Waals surface area contributed by atoms with Gasteiger partial charge in [-0.1, -0.05) is 19.9 Å². The molecule has 46 heavy (non-hydrogen) atoms. The Bertz CT molecular complexity index is 1390. The number of benzene rings is 1. The van der Waals surface area contributed by atoms with E-state index in [2.05, 4.69) is 4.90 Å². The van der Waals surface area contributed by atoms with E-state index in [1.165, 1.54) is 22.5 Å². The molecule has 4 rings (SSSR count). The Kier molecular flexibility index (Phi) is 12.4. The van der Waals surface area contributed by atoms with E-state index in [4.69, 9.17) is 9.47 Å². The molecule has 3 aliphatic rings. The number of carbonyl (C=O) groups excluding carboxylic acids is 2. The topological polar surface area (TPSA) is 137 Å². The summed E-state index contributed by atoms with van der Waals surface area (Å²) in [6.45, 7) is 8.41. The average molecular weight is 666 g/mol. The van der Waals surface area contributed by atoms with Gasteiger partial charge in [0.05, 0.1) is 23.5 Å². The van der Waals surface area contributed by atoms with Crippen LogP contribution >= 0.6 is 0 Å². The zero-order valence-corrected chi connectivity index (χ0v) is 28.0. The molecule has 3 aliphatic heterocycles. The summed E-state index contributed by atoms with van der Waals surface area (Å²) in [6, 6.07) is 3.57. The number of rotatable bonds is 5. The van der Waals surface area contributed by atoms with Crippen molar-refractivity contribution in [2.45, 2.75) is 82.2 Å². The summed E-state index contributed by atoms with van der Waals surface area (Å²) in [4.78, 5) is 29.7. The van der Waals surface area contributed by atoms with Crippen molar-refractivity contribution in [2.24, 2.45) is 11.8 Å². The highest BCUT2D eigenvalue weighted by Crippen LogP contribution is 2.28. The molecule has 256 valence electrons. The predicted octanol–water partition coefficient (Wildman–Crippen LogP) is 3.41. The van der Waals surface area contributed by atoms with Crippen molar-refractivity contribution in [3.8, 4) is 0 Å². The summed E-state index contributed by atoms with van der Waals surface area (Å²) in [5, 5.41) is 20.4. The predicted molar refractivity (Wildman–Crippen MR) is 171 cm³/mol. The second-order valence-corrected chi connectivity index (χ2v) is 14.9. The van der Waals surface area contributed by atoms with Crippen LogP contribution in [0.1, 0.15) is 58.4 Å². The number of aliphatic hydroxyl groups excluding tert-OH is 2. The molecule has 0 bridgehead atoms. The molecule has 2 saturated heterocycles. The van der Waals surface area contributed by atoms with Gasteiger partial charge in [0.25, 0.3) is 0 Å². The molecule has 0 unspecified atom stereocenters. The number of hydrogen-bond donors (Lipinski definition) is 2. The van der Waals surface area contributed by atoms with Gasteiger partial charge in [-0.25, -0.2) is 17.6 Å². The Labute approximate surface area is 271 Å². The number of cyclic esters (lactones) is 1. The van der Waals surface area contributed by atoms with Gasteiger partial charge in [-0.15, -0.1) is 0 Å². The van der Waals surface area contributed by atoms with Crippen LogP contribution < -0.4 is 0 Å². The largest absolute Gasteiger partial charge is 0.457 e. The number of piperazine rings is 1. The van der Waals surface area contributed by atoms with Crippen molar-refractivity contribution in [3.05, 3.63) is 47.3 Å². The van der Waals surface area contributed by atoms with Crippen molar-refractivity contribution in [3.63, 3.8) is 0 Å². The van der Waals surface area contributed by atoms with Crippen molar-refractivity contribution in [2.75, 3.05) is 46.3 Å². The molecule has 0 aromatic heterocycles. The van der Waals surface area contributed by atoms with Crippen molar-refractivity contribution >= 4 is 28.2 Å². The standard InChI is InChI=1S/C33H48FN3O8S/c1-22-5-7-27(39)21-31(40)45-32(23(2)6-10-30(22)44-33(41)36-17-15-35(4)16-18-36)24(3)19-25-20-28(8-9-29(25)34)46(42,43)37-13-11-26(38)12-14-37/h6,8-10,19-20,22-23,26-27,30,32,38-39H,5,7,11-18,21H2,1-4H3/b10-6+,24-19+/t22-,23-,27+,30-,32-/m0/s1. The Morgan fingerprint density at radius 1 is 1.00 bits per heavy atom. The molecular weight excluding hydrogens is 617 g/mol. The highest BCUT2D eigenvalue weighted by molar-refractivity contribution is 7.89. The van der Waals surface area contributed by atoms with E-state index in [-0.39, 0.29) is 35.9 Å². The molecule has 0 radical (unpaired) electrons. The van der Waals surface area contributed by atoms with Gasteiger partial charge in [0.1, 0.15) is 18.0 Å². The first-order valence-corrected chi connectivity index (χ1v) is 17.5. The second-order valence-electron chi connectivity index (χ2n) is 12.9. The van der Waals surface area contributed by atoms with Crippen LogP contribution in [-0.4, -0.2) is 116 Å². The maximum absolute atomic E-state index is 15.1. The first-order valence-electron chi connectivity index (χ1n) is 16.1. The fourth-order valence-corrected chi connectivity index (χ4v) is 7.49. The lowest BCUT2D eigenvalue weighted by Crippen LogP contribution is -2.48. The van der Waals surface area contributed by atoms with Crippen molar-refractivity contribution in [1.29, 1.82) is 0 Å². The number of piperidine rings is 1. The minimum atomic E-state index is -3.92. The molecule has 0 saturated carbocycles. The van der Waals surface area contributed by atoms with Gasteiger partial charge < -0.3 is 29.5 Å². The molecule has 0 spiro atoms. The lowest BCUT2D eigenvalue weighted by atomic mass is 9.91. The Hall–Kier alpha value is -2.84. The smallest absolute Gasteiger partial charge is 0.410 e. The minimum Gasteiger partial charge on any atom is -0.457 e. The SMILES string of the molecule is C/C(=C\c1cc(S(=O)(=O)N2CCC(O)CC2)ccc1F)[C@H]1OC(=O)C[C@H](O)CC[C@H](C)[C@@H](OC(=O)N2CCN(C)CC2)/C=C/[C@@H]1C. The van der Waals surface area contributed by atoms with E-state index < -0.39 is 58.2 Å². The number of ether oxygens (including phenoxy) is 2. The van der Waals surface area contributed by atoms with Crippen LogP contribution in [0.25, 0.3) is 6.08 Å². The van der Waals surface area contributed by atoms with Crippen LogP contribution in [0.3, 0.4) is 0 Å². The number of hydrogen-bond acceptors (Lipinski definition) is 9. The van der Waals surface area contributed by atoms with Gasteiger partial charge in [-0.3, -0.25) is 4.79 Å². The van der Waals surface area contributed by atoms with Gasteiger partial charge in [0, 0.05) is 50.7 Å². The van der Waals surface area contributed by atoms with E-state index in [1.807, 2.05) is 27.0 Å². The van der Waals surface area contributed by atoms with Gasteiger partial charge in [-0.05, 0) is 81.5 Å². The highest BCUT2D eigenvalue weighted by Gasteiger charge is 2.31. The van der Waals surface area contributed by atoms with Crippen LogP contribution in [0.2, 0.25) is 0 Å². The van der Waals surface area contributed by atoms with E-state index in [1.54, 1.807) is 17.9 Å². The average Bonchev–Trinajstić information content (AvgIpc) is 3.01. The fraction of sp³-hybridized carbons (Fsp3) is 0.636. The molecule has 5 atom stereocenters. The number of halogens is 1. The number of amides is 1. The maximum atomic E-state index is 15.1. The van der Waals surface area contributed by atoms with E-state index in [9.17, 15) is 28.2 Å². The molecule has 0 aliphatic carbocycles. The van der Waals surface area contributed by atoms with Crippen LogP contribution in [-0.2, 0) is 24.3 Å². The Morgan fingerprint density at radius 2 is 1.67 bits per heavy atom. The summed E-state index contributed by atoms with van der Waals surface area (Å²) in [7, 11) is -1.91. The summed E-state index contributed by atoms with van der Waals surface area (Å²) in [6.07, 6.45) is 2.95. The zero-order valence-electron chi connectivity index (χ0n) is 27.2. The molecule has 1 amide bonds. The maximum Gasteiger partial charge on any atom is 0.410 e. The lowest BCUT2D eigenvalue weighted by Gasteiger charge is -2.33. The van der Waals surface area contributed by atoms with Gasteiger partial charge in [-0.2, -0.15) is 4.31 Å². The Morgan fingerprint density at radius 3 is 2.35 bits per heavy atom. The van der Waals surface area contributed by atoms with Crippen molar-refractivity contribution < 1.29 is 42.1 Å². The van der Waals surface area contributed by atoms with E-state index in [0.717, 1.165) is 19.2 Å².